The average molecular weight is 404 g/mol. The molecule has 1 heterocycles. The Bertz CT molecular complexity index is 839. The zero-order valence-corrected chi connectivity index (χ0v) is 16.4. The fourth-order valence-corrected chi connectivity index (χ4v) is 3.14. The number of nitro benzene ring substituents is 1. The molecule has 0 aromatic heterocycles. The number of benzene rings is 1. The van der Waals surface area contributed by atoms with E-state index in [-0.39, 0.29) is 23.4 Å². The fraction of sp³-hybridized carbons (Fsp3) is 0.400. The Morgan fingerprint density at radius 3 is 2.52 bits per heavy atom. The van der Waals surface area contributed by atoms with Crippen molar-refractivity contribution in [2.24, 2.45) is 0 Å². The van der Waals surface area contributed by atoms with E-state index < -0.39 is 22.6 Å². The van der Waals surface area contributed by atoms with Gasteiger partial charge in [-0.05, 0) is 50.0 Å². The van der Waals surface area contributed by atoms with Crippen LogP contribution in [-0.2, 0) is 19.1 Å². The Hall–Kier alpha value is -3.36. The predicted molar refractivity (Wildman–Crippen MR) is 106 cm³/mol. The average Bonchev–Trinajstić information content (AvgIpc) is 2.73. The first-order valence-corrected chi connectivity index (χ1v) is 9.29. The highest BCUT2D eigenvalue weighted by Gasteiger charge is 2.27. The summed E-state index contributed by atoms with van der Waals surface area (Å²) in [5, 5.41) is 22.0. The Labute approximate surface area is 168 Å². The minimum absolute atomic E-state index is 0.0343. The number of anilines is 1. The van der Waals surface area contributed by atoms with E-state index in [9.17, 15) is 24.8 Å². The van der Waals surface area contributed by atoms with Crippen molar-refractivity contribution in [3.63, 3.8) is 0 Å². The van der Waals surface area contributed by atoms with Crippen molar-refractivity contribution in [3.8, 4) is 0 Å². The number of carbonyl (C=O) groups excluding carboxylic acids is 2. The Balaban J connectivity index is 2.62. The number of nitrogens with zero attached hydrogens (tertiary/aromatic N) is 2. The van der Waals surface area contributed by atoms with Crippen molar-refractivity contribution in [2.45, 2.75) is 26.2 Å². The summed E-state index contributed by atoms with van der Waals surface area (Å²) in [7, 11) is 1.16. The number of allylic oxidation sites excluding steroid dienone is 2. The van der Waals surface area contributed by atoms with Gasteiger partial charge >= 0.3 is 11.9 Å². The van der Waals surface area contributed by atoms with Crippen molar-refractivity contribution < 1.29 is 29.1 Å². The van der Waals surface area contributed by atoms with Crippen molar-refractivity contribution >= 4 is 28.9 Å². The summed E-state index contributed by atoms with van der Waals surface area (Å²) >= 11 is 0. The number of hydrogen-bond acceptors (Lipinski definition) is 8. The van der Waals surface area contributed by atoms with Crippen LogP contribution in [0.2, 0.25) is 0 Å². The van der Waals surface area contributed by atoms with Crippen molar-refractivity contribution in [1.82, 2.24) is 0 Å². The van der Waals surface area contributed by atoms with Gasteiger partial charge in [0.15, 0.2) is 0 Å². The number of rotatable bonds is 7. The minimum atomic E-state index is -1.00. The molecule has 0 bridgehead atoms. The normalized spacial score (nSPS) is 15.0. The number of ether oxygens (including phenoxy) is 2. The number of nitro groups is 1. The van der Waals surface area contributed by atoms with E-state index in [2.05, 4.69) is 4.74 Å². The second-order valence-electron chi connectivity index (χ2n) is 6.35. The highest BCUT2D eigenvalue weighted by atomic mass is 16.6. The maximum Gasteiger partial charge on any atom is 0.373 e. The lowest BCUT2D eigenvalue weighted by atomic mass is 9.99. The number of hydrogen-bond donors (Lipinski definition) is 1. The van der Waals surface area contributed by atoms with Crippen LogP contribution in [0.15, 0.2) is 36.1 Å². The Morgan fingerprint density at radius 2 is 1.93 bits per heavy atom. The molecule has 0 spiro atoms. The summed E-state index contributed by atoms with van der Waals surface area (Å²) in [6.07, 6.45) is 4.87. The summed E-state index contributed by atoms with van der Waals surface area (Å²) in [5.41, 5.74) is 0.261. The van der Waals surface area contributed by atoms with E-state index in [0.717, 1.165) is 38.5 Å². The van der Waals surface area contributed by atoms with Crippen molar-refractivity contribution in [3.05, 3.63) is 51.8 Å². The first kappa shape index (κ1) is 21.9. The van der Waals surface area contributed by atoms with E-state index in [1.54, 1.807) is 19.1 Å². The zero-order chi connectivity index (χ0) is 21.4. The van der Waals surface area contributed by atoms with E-state index >= 15 is 0 Å². The highest BCUT2D eigenvalue weighted by molar-refractivity contribution is 5.99. The quantitative estimate of drug-likeness (QED) is 0.184. The molecule has 1 saturated heterocycles. The molecule has 1 N–H and O–H groups in total. The van der Waals surface area contributed by atoms with Gasteiger partial charge in [0.05, 0.1) is 24.2 Å². The molecule has 1 aliphatic rings. The van der Waals surface area contributed by atoms with Gasteiger partial charge in [0.2, 0.25) is 5.76 Å². The van der Waals surface area contributed by atoms with Gasteiger partial charge < -0.3 is 19.5 Å². The standard InChI is InChI=1S/C20H24N2O7/c1-3-29-20(25)17(23)12-14(13-18(24)28-2)15-8-7-9-16(19(15)22(26)27)21-10-5-4-6-11-21/h7-9,12-13,23H,3-6,10-11H2,1-2H3/b14-13-,17-12-. The number of piperidine rings is 1. The van der Waals surface area contributed by atoms with Crippen molar-refractivity contribution in [2.75, 3.05) is 31.7 Å². The number of para-hydroxylation sites is 1. The van der Waals surface area contributed by atoms with Gasteiger partial charge in [0.25, 0.3) is 5.69 Å². The van der Waals surface area contributed by atoms with E-state index in [4.69, 9.17) is 4.74 Å². The van der Waals surface area contributed by atoms with Crippen LogP contribution < -0.4 is 4.90 Å². The molecule has 1 aromatic carbocycles. The summed E-state index contributed by atoms with van der Waals surface area (Å²) < 4.78 is 9.34. The molecule has 1 aliphatic heterocycles. The lowest BCUT2D eigenvalue weighted by Crippen LogP contribution is -2.30. The van der Waals surface area contributed by atoms with Gasteiger partial charge in [-0.25, -0.2) is 9.59 Å². The van der Waals surface area contributed by atoms with Gasteiger partial charge in [-0.15, -0.1) is 0 Å². The molecule has 156 valence electrons. The first-order valence-electron chi connectivity index (χ1n) is 9.29. The molecule has 0 atom stereocenters. The van der Waals surface area contributed by atoms with Gasteiger partial charge in [-0.3, -0.25) is 10.1 Å². The lowest BCUT2D eigenvalue weighted by molar-refractivity contribution is -0.384. The molecule has 0 saturated carbocycles. The van der Waals surface area contributed by atoms with Gasteiger partial charge in [-0.1, -0.05) is 6.07 Å². The number of aliphatic hydroxyl groups excluding tert-OH is 1. The van der Waals surface area contributed by atoms with Crippen molar-refractivity contribution in [1.29, 1.82) is 0 Å². The second-order valence-corrected chi connectivity index (χ2v) is 6.35. The van der Waals surface area contributed by atoms with Crippen LogP contribution in [0.1, 0.15) is 31.7 Å². The van der Waals surface area contributed by atoms with Gasteiger partial charge in [0, 0.05) is 19.2 Å². The third-order valence-electron chi connectivity index (χ3n) is 4.46. The van der Waals surface area contributed by atoms with E-state index in [1.807, 2.05) is 4.90 Å². The second kappa shape index (κ2) is 10.3. The lowest BCUT2D eigenvalue weighted by Gasteiger charge is -2.28. The highest BCUT2D eigenvalue weighted by Crippen LogP contribution is 2.37. The van der Waals surface area contributed by atoms with Crippen LogP contribution in [0.5, 0.6) is 0 Å². The summed E-state index contributed by atoms with van der Waals surface area (Å²) in [6, 6.07) is 4.74. The number of aliphatic hydroxyl groups is 1. The molecule has 0 aliphatic carbocycles. The molecule has 9 nitrogen and oxygen atoms in total. The van der Waals surface area contributed by atoms with Gasteiger partial charge in [-0.2, -0.15) is 0 Å². The largest absolute Gasteiger partial charge is 0.502 e. The molecule has 0 unspecified atom stereocenters. The van der Waals surface area contributed by atoms with Crippen LogP contribution in [0.4, 0.5) is 11.4 Å². The van der Waals surface area contributed by atoms with Crippen LogP contribution in [0.25, 0.3) is 5.57 Å². The Kier molecular flexibility index (Phi) is 7.76. The van der Waals surface area contributed by atoms with Crippen LogP contribution in [0, 0.1) is 10.1 Å². The molecule has 29 heavy (non-hydrogen) atoms. The molecule has 1 aromatic rings. The van der Waals surface area contributed by atoms with E-state index in [0.29, 0.717) is 18.8 Å². The molecule has 0 radical (unpaired) electrons. The third-order valence-corrected chi connectivity index (χ3v) is 4.46. The number of esters is 2. The van der Waals surface area contributed by atoms with Crippen LogP contribution in [0.3, 0.4) is 0 Å². The van der Waals surface area contributed by atoms with E-state index in [1.165, 1.54) is 6.07 Å². The number of carbonyl (C=O) groups is 2. The summed E-state index contributed by atoms with van der Waals surface area (Å²) in [4.78, 5) is 36.9. The topological polar surface area (TPSA) is 119 Å². The van der Waals surface area contributed by atoms with Gasteiger partial charge in [0.1, 0.15) is 5.69 Å². The monoisotopic (exact) mass is 404 g/mol. The summed E-state index contributed by atoms with van der Waals surface area (Å²) in [6.45, 7) is 2.98. The molecule has 2 rings (SSSR count). The molecular formula is C20H24N2O7. The molecule has 0 amide bonds. The van der Waals surface area contributed by atoms with Crippen LogP contribution >= 0.6 is 0 Å². The molecular weight excluding hydrogens is 380 g/mol. The minimum Gasteiger partial charge on any atom is -0.502 e. The maximum atomic E-state index is 11.9. The smallest absolute Gasteiger partial charge is 0.373 e. The first-order chi connectivity index (χ1) is 13.9. The van der Waals surface area contributed by atoms with Crippen LogP contribution in [-0.4, -0.2) is 48.8 Å². The summed E-state index contributed by atoms with van der Waals surface area (Å²) in [5.74, 6) is -2.57. The maximum absolute atomic E-state index is 11.9. The zero-order valence-electron chi connectivity index (χ0n) is 16.4. The molecule has 9 heteroatoms. The number of methoxy groups -OCH3 is 1. The molecule has 1 fully saturated rings. The fourth-order valence-electron chi connectivity index (χ4n) is 3.14. The Morgan fingerprint density at radius 1 is 1.24 bits per heavy atom. The SMILES string of the molecule is CCOC(=O)/C(O)=C/C(=C/C(=O)OC)c1cccc(N2CCCCC2)c1[N+](=O)[O-]. The third kappa shape index (κ3) is 5.56. The predicted octanol–water partition coefficient (Wildman–Crippen LogP) is 3.15.